The molecule has 0 aliphatic carbocycles. The number of carbonyl (C=O) groups is 1. The highest BCUT2D eigenvalue weighted by Gasteiger charge is 2.30. The lowest BCUT2D eigenvalue weighted by Gasteiger charge is -2.12. The minimum absolute atomic E-state index is 0.00342. The third kappa shape index (κ3) is 5.34. The largest absolute Gasteiger partial charge is 0.487 e. The number of fused-ring (bicyclic) bond motifs is 1. The monoisotopic (exact) mass is 468 g/mol. The Bertz CT molecular complexity index is 1420. The van der Waals surface area contributed by atoms with Crippen molar-refractivity contribution in [1.29, 1.82) is 0 Å². The van der Waals surface area contributed by atoms with Crippen LogP contribution in [0.5, 0.6) is 5.75 Å². The number of pyridine rings is 1. The van der Waals surface area contributed by atoms with Gasteiger partial charge in [0, 0.05) is 29.7 Å². The lowest BCUT2D eigenvalue weighted by Crippen LogP contribution is -2.20. The molecular formula is C24H19F3N4O3. The van der Waals surface area contributed by atoms with E-state index in [4.69, 9.17) is 4.74 Å². The fraction of sp³-hybridized carbons (Fsp3) is 0.125. The smallest absolute Gasteiger partial charge is 0.416 e. The second-order valence-electron chi connectivity index (χ2n) is 7.44. The first-order valence-corrected chi connectivity index (χ1v) is 10.1. The summed E-state index contributed by atoms with van der Waals surface area (Å²) in [6.07, 6.45) is -2.87. The predicted molar refractivity (Wildman–Crippen MR) is 121 cm³/mol. The minimum Gasteiger partial charge on any atom is -0.487 e. The number of aryl methyl sites for hydroxylation is 1. The molecule has 2 aromatic heterocycles. The standard InChI is InChI=1S/C24H19F3N4O3/c1-15-5-4-10-31-21(32)13-19(28-22(15)31)14-34-20-9-3-8-18(12-20)30-23(33)29-17-7-2-6-16(11-17)24(25,26)27/h2-13H,14H2,1H3,(H2,29,30,33). The molecular weight excluding hydrogens is 449 g/mol. The summed E-state index contributed by atoms with van der Waals surface area (Å²) < 4.78 is 45.7. The van der Waals surface area contributed by atoms with Crippen molar-refractivity contribution in [2.45, 2.75) is 19.7 Å². The van der Waals surface area contributed by atoms with Crippen LogP contribution < -0.4 is 20.9 Å². The van der Waals surface area contributed by atoms with Gasteiger partial charge in [-0.2, -0.15) is 13.2 Å². The summed E-state index contributed by atoms with van der Waals surface area (Å²) in [7, 11) is 0. The van der Waals surface area contributed by atoms with Crippen molar-refractivity contribution < 1.29 is 22.7 Å². The minimum atomic E-state index is -4.51. The molecule has 174 valence electrons. The average Bonchev–Trinajstić information content (AvgIpc) is 2.78. The fourth-order valence-electron chi connectivity index (χ4n) is 3.27. The number of ether oxygens (including phenoxy) is 1. The SMILES string of the molecule is Cc1cccn2c(=O)cc(COc3cccc(NC(=O)Nc4cccc(C(F)(F)F)c4)c3)nc12. The summed E-state index contributed by atoms with van der Waals surface area (Å²) >= 11 is 0. The van der Waals surface area contributed by atoms with E-state index in [0.29, 0.717) is 22.8 Å². The Morgan fingerprint density at radius 2 is 1.71 bits per heavy atom. The second-order valence-corrected chi connectivity index (χ2v) is 7.44. The summed E-state index contributed by atoms with van der Waals surface area (Å²) in [5.74, 6) is 0.406. The van der Waals surface area contributed by atoms with Gasteiger partial charge in [0.15, 0.2) is 0 Å². The molecule has 7 nitrogen and oxygen atoms in total. The molecule has 2 amide bonds. The Kier molecular flexibility index (Phi) is 6.22. The molecule has 0 spiro atoms. The van der Waals surface area contributed by atoms with Gasteiger partial charge in [0.25, 0.3) is 5.56 Å². The average molecular weight is 468 g/mol. The predicted octanol–water partition coefficient (Wildman–Crippen LogP) is 5.24. The van der Waals surface area contributed by atoms with Crippen molar-refractivity contribution in [2.75, 3.05) is 10.6 Å². The van der Waals surface area contributed by atoms with Crippen LogP contribution in [0.4, 0.5) is 29.3 Å². The highest BCUT2D eigenvalue weighted by Crippen LogP contribution is 2.30. The maximum absolute atomic E-state index is 12.8. The van der Waals surface area contributed by atoms with Crippen molar-refractivity contribution in [2.24, 2.45) is 0 Å². The first-order chi connectivity index (χ1) is 16.2. The van der Waals surface area contributed by atoms with E-state index >= 15 is 0 Å². The Balaban J connectivity index is 1.42. The van der Waals surface area contributed by atoms with Gasteiger partial charge in [0.05, 0.1) is 11.3 Å². The lowest BCUT2D eigenvalue weighted by atomic mass is 10.2. The van der Waals surface area contributed by atoms with E-state index < -0.39 is 17.8 Å². The molecule has 0 bridgehead atoms. The van der Waals surface area contributed by atoms with Gasteiger partial charge in [-0.05, 0) is 48.9 Å². The molecule has 0 radical (unpaired) electrons. The van der Waals surface area contributed by atoms with Gasteiger partial charge < -0.3 is 15.4 Å². The van der Waals surface area contributed by atoms with Gasteiger partial charge in [0.1, 0.15) is 18.0 Å². The summed E-state index contributed by atoms with van der Waals surface area (Å²) in [6.45, 7) is 1.88. The van der Waals surface area contributed by atoms with Gasteiger partial charge in [0.2, 0.25) is 0 Å². The van der Waals surface area contributed by atoms with Crippen molar-refractivity contribution in [3.8, 4) is 5.75 Å². The summed E-state index contributed by atoms with van der Waals surface area (Å²) in [5, 5.41) is 4.92. The number of halogens is 3. The van der Waals surface area contributed by atoms with E-state index in [1.165, 1.54) is 22.6 Å². The third-order valence-electron chi connectivity index (χ3n) is 4.87. The molecule has 0 saturated carbocycles. The van der Waals surface area contributed by atoms with Crippen LogP contribution in [0.15, 0.2) is 77.7 Å². The van der Waals surface area contributed by atoms with Gasteiger partial charge in [-0.1, -0.05) is 18.2 Å². The zero-order valence-corrected chi connectivity index (χ0v) is 17.9. The number of nitrogens with zero attached hydrogens (tertiary/aromatic N) is 2. The van der Waals surface area contributed by atoms with Gasteiger partial charge in [-0.25, -0.2) is 9.78 Å². The lowest BCUT2D eigenvalue weighted by molar-refractivity contribution is -0.137. The van der Waals surface area contributed by atoms with Crippen LogP contribution in [0.3, 0.4) is 0 Å². The van der Waals surface area contributed by atoms with Crippen molar-refractivity contribution >= 4 is 23.1 Å². The van der Waals surface area contributed by atoms with Crippen molar-refractivity contribution in [1.82, 2.24) is 9.38 Å². The Morgan fingerprint density at radius 1 is 1.00 bits per heavy atom. The van der Waals surface area contributed by atoms with E-state index in [1.807, 2.05) is 13.0 Å². The molecule has 0 unspecified atom stereocenters. The van der Waals surface area contributed by atoms with Gasteiger partial charge in [-0.15, -0.1) is 0 Å². The Morgan fingerprint density at radius 3 is 2.44 bits per heavy atom. The summed E-state index contributed by atoms with van der Waals surface area (Å²) in [4.78, 5) is 29.0. The number of benzene rings is 2. The molecule has 2 aromatic carbocycles. The zero-order chi connectivity index (χ0) is 24.3. The molecule has 4 rings (SSSR count). The number of aromatic nitrogens is 2. The van der Waals surface area contributed by atoms with E-state index in [-0.39, 0.29) is 17.9 Å². The normalized spacial score (nSPS) is 11.3. The van der Waals surface area contributed by atoms with Crippen LogP contribution in [0.1, 0.15) is 16.8 Å². The van der Waals surface area contributed by atoms with Crippen LogP contribution >= 0.6 is 0 Å². The molecule has 4 aromatic rings. The molecule has 2 N–H and O–H groups in total. The maximum atomic E-state index is 12.8. The van der Waals surface area contributed by atoms with E-state index in [0.717, 1.165) is 17.7 Å². The third-order valence-corrected chi connectivity index (χ3v) is 4.87. The molecule has 34 heavy (non-hydrogen) atoms. The molecule has 0 atom stereocenters. The number of hydrogen-bond donors (Lipinski definition) is 2. The van der Waals surface area contributed by atoms with Crippen LogP contribution in [0.25, 0.3) is 5.65 Å². The van der Waals surface area contributed by atoms with Gasteiger partial charge in [-0.3, -0.25) is 9.20 Å². The number of amides is 2. The van der Waals surface area contributed by atoms with Crippen LogP contribution in [0, 0.1) is 6.92 Å². The molecule has 0 saturated heterocycles. The number of hydrogen-bond acceptors (Lipinski definition) is 4. The number of rotatable bonds is 5. The Hall–Kier alpha value is -4.34. The van der Waals surface area contributed by atoms with E-state index in [2.05, 4.69) is 15.6 Å². The van der Waals surface area contributed by atoms with Crippen molar-refractivity contribution in [3.63, 3.8) is 0 Å². The van der Waals surface area contributed by atoms with Gasteiger partial charge >= 0.3 is 12.2 Å². The van der Waals surface area contributed by atoms with E-state index in [9.17, 15) is 22.8 Å². The highest BCUT2D eigenvalue weighted by molar-refractivity contribution is 5.99. The first kappa shape index (κ1) is 22.8. The number of alkyl halides is 3. The van der Waals surface area contributed by atoms with Crippen LogP contribution in [-0.2, 0) is 12.8 Å². The molecule has 0 aliphatic heterocycles. The first-order valence-electron chi connectivity index (χ1n) is 10.1. The number of urea groups is 1. The second kappa shape index (κ2) is 9.26. The fourth-order valence-corrected chi connectivity index (χ4v) is 3.27. The Labute approximate surface area is 191 Å². The molecule has 0 fully saturated rings. The highest BCUT2D eigenvalue weighted by atomic mass is 19.4. The summed E-state index contributed by atoms with van der Waals surface area (Å²) in [6, 6.07) is 15.1. The molecule has 0 aliphatic rings. The number of anilines is 2. The summed E-state index contributed by atoms with van der Waals surface area (Å²) in [5.41, 5.74) is 1.11. The molecule has 2 heterocycles. The topological polar surface area (TPSA) is 84.7 Å². The quantitative estimate of drug-likeness (QED) is 0.419. The maximum Gasteiger partial charge on any atom is 0.416 e. The zero-order valence-electron chi connectivity index (χ0n) is 17.9. The van der Waals surface area contributed by atoms with E-state index in [1.54, 1.807) is 36.5 Å². The van der Waals surface area contributed by atoms with Crippen molar-refractivity contribution in [3.05, 3.63) is 100 Å². The number of carbonyl (C=O) groups excluding carboxylic acids is 1. The van der Waals surface area contributed by atoms with Crippen LogP contribution in [0.2, 0.25) is 0 Å². The molecule has 10 heteroatoms. The van der Waals surface area contributed by atoms with Crippen LogP contribution in [-0.4, -0.2) is 15.4 Å². The number of nitrogens with one attached hydrogen (secondary N) is 2.